The van der Waals surface area contributed by atoms with Crippen molar-refractivity contribution in [3.05, 3.63) is 0 Å². The van der Waals surface area contributed by atoms with Crippen LogP contribution in [0.15, 0.2) is 0 Å². The van der Waals surface area contributed by atoms with E-state index in [0.717, 1.165) is 0 Å². The summed E-state index contributed by atoms with van der Waals surface area (Å²) in [5.74, 6) is 0. The normalized spacial score (nSPS) is 0. The summed E-state index contributed by atoms with van der Waals surface area (Å²) in [6.07, 6.45) is 0. The molecule has 0 heterocycles. The third-order valence-electron chi connectivity index (χ3n) is 0. The maximum Gasteiger partial charge on any atom is 0 e. The maximum absolute atomic E-state index is 0. The molecule has 0 rings (SSSR count). The van der Waals surface area contributed by atoms with E-state index in [0.29, 0.717) is 0 Å². The molecule has 0 amide bonds. The summed E-state index contributed by atoms with van der Waals surface area (Å²) in [6, 6.07) is 0. The van der Waals surface area contributed by atoms with Crippen LogP contribution in [-0.4, -0.2) is 48.9 Å². The van der Waals surface area contributed by atoms with Gasteiger partial charge in [-0.25, -0.2) is 0 Å². The summed E-state index contributed by atoms with van der Waals surface area (Å²) < 4.78 is 0. The van der Waals surface area contributed by atoms with Crippen molar-refractivity contribution in [2.24, 2.45) is 0 Å². The molecular weight excluding hydrogens is 675 g/mol. The Morgan fingerprint density at radius 1 is 1.00 bits per heavy atom. The Hall–Kier alpha value is 4.38. The number of rotatable bonds is 0. The van der Waals surface area contributed by atoms with Crippen LogP contribution in [0, 0.1) is 31.1 Å². The first-order chi connectivity index (χ1) is 0. The predicted molar refractivity (Wildman–Crippen MR) is 9.23 cm³/mol. The smallest absolute Gasteiger partial charge is 0 e. The Morgan fingerprint density at radius 3 is 1.00 bits per heavy atom. The molecular formula is H2BaOPtUY. The van der Waals surface area contributed by atoms with Crippen LogP contribution < -0.4 is 0 Å². The molecule has 1 nitrogen and oxygen atoms in total. The molecule has 0 spiro atoms. The molecule has 3 radical (unpaired) electrons. The minimum Gasteiger partial charge on any atom is 0 e. The standard InChI is InChI=1S/Ba.O.Pt.U.Y.2H. The van der Waals surface area contributed by atoms with Gasteiger partial charge in [-0.1, -0.05) is 0 Å². The van der Waals surface area contributed by atoms with Crippen molar-refractivity contribution in [2.45, 2.75) is 0 Å². The zero-order valence-corrected chi connectivity index (χ0v) is 11.1. The molecule has 0 fully saturated rings. The van der Waals surface area contributed by atoms with Crippen LogP contribution in [0.25, 0.3) is 0 Å². The van der Waals surface area contributed by atoms with Crippen LogP contribution in [-0.2, 0) is 59.3 Å². The van der Waals surface area contributed by atoms with Crippen LogP contribution in [0.5, 0.6) is 0 Å². The molecule has 27 valence electrons. The monoisotopic (exact) mass is 678 g/mol. The largest absolute Gasteiger partial charge is 0 e. The van der Waals surface area contributed by atoms with Crippen molar-refractivity contribution in [3.63, 3.8) is 0 Å². The van der Waals surface area contributed by atoms with Crippen molar-refractivity contribution in [1.82, 2.24) is 0 Å². The third kappa shape index (κ3) is 17.8. The Labute approximate surface area is 135 Å². The summed E-state index contributed by atoms with van der Waals surface area (Å²) in [7, 11) is 0. The van der Waals surface area contributed by atoms with E-state index in [1.54, 1.807) is 0 Å². The SMILES string of the molecule is [BaH2].[O].[Pt].[U].[Y]. The molecule has 0 aromatic heterocycles. The first-order valence-corrected chi connectivity index (χ1v) is 0. The van der Waals surface area contributed by atoms with E-state index in [1.165, 1.54) is 0 Å². The second kappa shape index (κ2) is 23.8. The Balaban J connectivity index is 0. The third-order valence-corrected chi connectivity index (χ3v) is 0. The van der Waals surface area contributed by atoms with Gasteiger partial charge in [-0.05, 0) is 0 Å². The van der Waals surface area contributed by atoms with Crippen LogP contribution in [0.4, 0.5) is 0 Å². The fourth-order valence-corrected chi connectivity index (χ4v) is 0. The molecule has 0 saturated carbocycles. The van der Waals surface area contributed by atoms with Crippen LogP contribution in [0.3, 0.4) is 0 Å². The van der Waals surface area contributed by atoms with Crippen LogP contribution in [0.2, 0.25) is 0 Å². The van der Waals surface area contributed by atoms with E-state index in [9.17, 15) is 0 Å². The zero-order valence-electron chi connectivity index (χ0n) is 1.80. The summed E-state index contributed by atoms with van der Waals surface area (Å²) in [4.78, 5) is 0. The first kappa shape index (κ1) is 34.4. The quantitative estimate of drug-likeness (QED) is 0.294. The van der Waals surface area contributed by atoms with Crippen LogP contribution >= 0.6 is 0 Å². The number of hydrogen-bond acceptors (Lipinski definition) is 0. The van der Waals surface area contributed by atoms with Gasteiger partial charge in [0, 0.05) is 90.4 Å². The minimum atomic E-state index is 0. The molecule has 0 atom stereocenters. The molecule has 0 aliphatic rings. The molecule has 0 saturated heterocycles. The van der Waals surface area contributed by atoms with Gasteiger partial charge >= 0.3 is 48.9 Å². The van der Waals surface area contributed by atoms with Gasteiger partial charge < -0.3 is 0 Å². The molecule has 5 heavy (non-hydrogen) atoms. The first-order valence-electron chi connectivity index (χ1n) is 0. The Bertz CT molecular complexity index is 11.6. The van der Waals surface area contributed by atoms with E-state index in [4.69, 9.17) is 0 Å². The fourth-order valence-electron chi connectivity index (χ4n) is 0. The predicted octanol–water partition coefficient (Wildman–Crippen LogP) is -1.04. The van der Waals surface area contributed by atoms with Gasteiger partial charge in [0.25, 0.3) is 0 Å². The molecule has 0 aliphatic heterocycles. The second-order valence-corrected chi connectivity index (χ2v) is 0. The van der Waals surface area contributed by atoms with Gasteiger partial charge in [-0.2, -0.15) is 0 Å². The average molecular weight is 677 g/mol. The fraction of sp³-hybridized carbons (Fsp3) is 0. The van der Waals surface area contributed by atoms with E-state index in [2.05, 4.69) is 0 Å². The van der Waals surface area contributed by atoms with Crippen molar-refractivity contribution in [3.8, 4) is 0 Å². The Morgan fingerprint density at radius 2 is 1.00 bits per heavy atom. The van der Waals surface area contributed by atoms with Gasteiger partial charge in [0.1, 0.15) is 0 Å². The van der Waals surface area contributed by atoms with E-state index in [1.807, 2.05) is 0 Å². The van der Waals surface area contributed by atoms with Gasteiger partial charge in [0.15, 0.2) is 0 Å². The topological polar surface area (TPSA) is 28.5 Å². The molecule has 0 bridgehead atoms. The summed E-state index contributed by atoms with van der Waals surface area (Å²) in [5.41, 5.74) is 0. The Kier molecular flexibility index (Phi) is 164. The van der Waals surface area contributed by atoms with E-state index in [-0.39, 0.29) is 139 Å². The van der Waals surface area contributed by atoms with Crippen molar-refractivity contribution < 1.29 is 90.4 Å². The average Bonchev–Trinajstić information content (AvgIpc) is 0. The summed E-state index contributed by atoms with van der Waals surface area (Å²) in [6.45, 7) is 0. The molecule has 0 aromatic carbocycles. The minimum absolute atomic E-state index is 0. The summed E-state index contributed by atoms with van der Waals surface area (Å²) in [5, 5.41) is 0. The van der Waals surface area contributed by atoms with Crippen molar-refractivity contribution in [2.75, 3.05) is 0 Å². The summed E-state index contributed by atoms with van der Waals surface area (Å²) >= 11 is 0. The maximum atomic E-state index is 0. The van der Waals surface area contributed by atoms with Gasteiger partial charge in [-0.3, -0.25) is 0 Å². The van der Waals surface area contributed by atoms with Crippen molar-refractivity contribution >= 4 is 48.9 Å². The van der Waals surface area contributed by atoms with Gasteiger partial charge in [-0.15, -0.1) is 0 Å². The molecule has 0 aliphatic carbocycles. The molecule has 0 aromatic rings. The molecule has 0 N–H and O–H groups in total. The van der Waals surface area contributed by atoms with Crippen molar-refractivity contribution in [1.29, 1.82) is 0 Å². The van der Waals surface area contributed by atoms with Gasteiger partial charge in [0.05, 0.1) is 0 Å². The zero-order chi connectivity index (χ0) is 0. The number of hydrogen-bond donors (Lipinski definition) is 0. The molecule has 5 heteroatoms. The second-order valence-electron chi connectivity index (χ2n) is 0. The van der Waals surface area contributed by atoms with E-state index >= 15 is 0 Å². The molecule has 0 unspecified atom stereocenters. The van der Waals surface area contributed by atoms with Gasteiger partial charge in [0.2, 0.25) is 0 Å². The van der Waals surface area contributed by atoms with E-state index < -0.39 is 0 Å². The van der Waals surface area contributed by atoms with Crippen LogP contribution in [0.1, 0.15) is 0 Å².